The van der Waals surface area contributed by atoms with Crippen LogP contribution in [0.2, 0.25) is 0 Å². The van der Waals surface area contributed by atoms with Crippen LogP contribution in [-0.2, 0) is 11.8 Å². The van der Waals surface area contributed by atoms with Crippen LogP contribution in [-0.4, -0.2) is 32.5 Å². The summed E-state index contributed by atoms with van der Waals surface area (Å²) in [5.74, 6) is 0.544. The molecule has 1 aliphatic rings. The average molecular weight is 336 g/mol. The predicted octanol–water partition coefficient (Wildman–Crippen LogP) is 3.05. The molecular weight excluding hydrogens is 316 g/mol. The van der Waals surface area contributed by atoms with Crippen molar-refractivity contribution in [2.45, 2.75) is 25.8 Å². The molecule has 0 radical (unpaired) electrons. The minimum absolute atomic E-state index is 0.414. The fourth-order valence-corrected chi connectivity index (χ4v) is 3.33. The molecule has 1 N–H and O–H groups in total. The van der Waals surface area contributed by atoms with Gasteiger partial charge in [0.05, 0.1) is 23.9 Å². The Morgan fingerprint density at radius 3 is 2.88 bits per heavy atom. The van der Waals surface area contributed by atoms with Crippen molar-refractivity contribution in [1.82, 2.24) is 19.3 Å². The molecule has 0 aliphatic carbocycles. The van der Waals surface area contributed by atoms with Gasteiger partial charge >= 0.3 is 0 Å². The predicted molar refractivity (Wildman–Crippen MR) is 94.8 cm³/mol. The van der Waals surface area contributed by atoms with Crippen molar-refractivity contribution < 1.29 is 4.74 Å². The smallest absolute Gasteiger partial charge is 0.229 e. The van der Waals surface area contributed by atoms with Gasteiger partial charge in [0.25, 0.3) is 0 Å². The van der Waals surface area contributed by atoms with E-state index in [9.17, 15) is 0 Å². The van der Waals surface area contributed by atoms with E-state index in [0.29, 0.717) is 17.6 Å². The van der Waals surface area contributed by atoms with Crippen molar-refractivity contribution in [2.24, 2.45) is 7.05 Å². The van der Waals surface area contributed by atoms with Gasteiger partial charge in [0.1, 0.15) is 5.52 Å². The highest BCUT2D eigenvalue weighted by Crippen LogP contribution is 2.29. The molecular formula is C18H20N6O. The van der Waals surface area contributed by atoms with Crippen LogP contribution >= 0.6 is 0 Å². The van der Waals surface area contributed by atoms with E-state index < -0.39 is 0 Å². The lowest BCUT2D eigenvalue weighted by Gasteiger charge is -2.32. The molecule has 2 aromatic heterocycles. The zero-order valence-electron chi connectivity index (χ0n) is 14.4. The molecule has 0 atom stereocenters. The minimum Gasteiger partial charge on any atom is -0.381 e. The van der Waals surface area contributed by atoms with Crippen molar-refractivity contribution >= 4 is 22.8 Å². The van der Waals surface area contributed by atoms with Gasteiger partial charge in [-0.05, 0) is 37.5 Å². The summed E-state index contributed by atoms with van der Waals surface area (Å²) in [6, 6.07) is 8.12. The topological polar surface area (TPSA) is 80.7 Å². The fraction of sp³-hybridized carbons (Fsp3) is 0.389. The van der Waals surface area contributed by atoms with Gasteiger partial charge in [-0.2, -0.15) is 10.2 Å². The Balaban J connectivity index is 1.66. The highest BCUT2D eigenvalue weighted by atomic mass is 16.5. The van der Waals surface area contributed by atoms with E-state index in [1.54, 1.807) is 6.07 Å². The molecule has 0 amide bonds. The first-order valence-corrected chi connectivity index (χ1v) is 8.43. The van der Waals surface area contributed by atoms with E-state index in [-0.39, 0.29) is 0 Å². The molecule has 3 aromatic rings. The number of nitrogens with one attached hydrogen (secondary N) is 1. The summed E-state index contributed by atoms with van der Waals surface area (Å²) in [6.45, 7) is 3.58. The lowest BCUT2D eigenvalue weighted by molar-refractivity contribution is 0.0631. The standard InChI is InChI=1S/C18H20N6O/c1-12-3-4-13(10-19)9-15(12)21-18-20-11-16-17(22-18)24(23(16)2)14-5-7-25-8-6-14/h3-4,9,11,14H,5-8H2,1-2H3,(H,20,21,22). The number of nitrogens with zero attached hydrogens (tertiary/aromatic N) is 5. The number of aromatic nitrogens is 4. The quantitative estimate of drug-likeness (QED) is 0.795. The van der Waals surface area contributed by atoms with Gasteiger partial charge in [-0.15, -0.1) is 0 Å². The number of rotatable bonds is 3. The van der Waals surface area contributed by atoms with Crippen LogP contribution in [0.15, 0.2) is 24.4 Å². The molecule has 0 spiro atoms. The van der Waals surface area contributed by atoms with Crippen LogP contribution in [0.1, 0.15) is 30.0 Å². The minimum atomic E-state index is 0.414. The second kappa shape index (κ2) is 6.22. The van der Waals surface area contributed by atoms with Gasteiger partial charge in [-0.25, -0.2) is 4.98 Å². The maximum Gasteiger partial charge on any atom is 0.229 e. The summed E-state index contributed by atoms with van der Waals surface area (Å²) in [6.07, 6.45) is 3.84. The fourth-order valence-electron chi connectivity index (χ4n) is 3.33. The molecule has 0 saturated carbocycles. The van der Waals surface area contributed by atoms with Gasteiger partial charge in [-0.3, -0.25) is 9.36 Å². The van der Waals surface area contributed by atoms with E-state index in [1.165, 1.54) is 0 Å². The molecule has 4 rings (SSSR count). The van der Waals surface area contributed by atoms with Gasteiger partial charge in [0.15, 0.2) is 5.65 Å². The Kier molecular flexibility index (Phi) is 3.90. The van der Waals surface area contributed by atoms with Gasteiger partial charge in [0.2, 0.25) is 5.95 Å². The van der Waals surface area contributed by atoms with Crippen molar-refractivity contribution in [3.63, 3.8) is 0 Å². The maximum atomic E-state index is 9.09. The summed E-state index contributed by atoms with van der Waals surface area (Å²) in [4.78, 5) is 9.11. The Bertz CT molecular complexity index is 958. The number of hydrogen-bond donors (Lipinski definition) is 1. The second-order valence-corrected chi connectivity index (χ2v) is 6.38. The van der Waals surface area contributed by atoms with Crippen molar-refractivity contribution in [2.75, 3.05) is 18.5 Å². The molecule has 0 bridgehead atoms. The summed E-state index contributed by atoms with van der Waals surface area (Å²) in [5, 5.41) is 12.3. The third kappa shape index (κ3) is 2.75. The van der Waals surface area contributed by atoms with Gasteiger partial charge in [-0.1, -0.05) is 6.07 Å². The number of ether oxygens (including phenoxy) is 1. The van der Waals surface area contributed by atoms with E-state index in [4.69, 9.17) is 15.0 Å². The number of fused-ring (bicyclic) bond motifs is 1. The molecule has 25 heavy (non-hydrogen) atoms. The largest absolute Gasteiger partial charge is 0.381 e. The maximum absolute atomic E-state index is 9.09. The molecule has 1 aromatic carbocycles. The van der Waals surface area contributed by atoms with Crippen LogP contribution in [0.3, 0.4) is 0 Å². The average Bonchev–Trinajstić information content (AvgIpc) is 2.64. The summed E-state index contributed by atoms with van der Waals surface area (Å²) in [5.41, 5.74) is 4.48. The normalized spacial score (nSPS) is 15.4. The van der Waals surface area contributed by atoms with E-state index >= 15 is 0 Å². The van der Waals surface area contributed by atoms with Crippen LogP contribution in [0.5, 0.6) is 0 Å². The van der Waals surface area contributed by atoms with Crippen molar-refractivity contribution in [1.29, 1.82) is 5.26 Å². The van der Waals surface area contributed by atoms with Crippen LogP contribution in [0.4, 0.5) is 11.6 Å². The Morgan fingerprint density at radius 1 is 1.32 bits per heavy atom. The van der Waals surface area contributed by atoms with E-state index in [1.807, 2.05) is 32.3 Å². The number of benzene rings is 1. The lowest BCUT2D eigenvalue weighted by Crippen LogP contribution is -2.30. The van der Waals surface area contributed by atoms with Crippen LogP contribution < -0.4 is 5.32 Å². The summed E-state index contributed by atoms with van der Waals surface area (Å²) in [7, 11) is 2.04. The highest BCUT2D eigenvalue weighted by Gasteiger charge is 2.23. The first kappa shape index (κ1) is 15.7. The molecule has 1 aliphatic heterocycles. The van der Waals surface area contributed by atoms with Crippen LogP contribution in [0.25, 0.3) is 11.2 Å². The third-order valence-corrected chi connectivity index (χ3v) is 4.79. The molecule has 7 heteroatoms. The monoisotopic (exact) mass is 336 g/mol. The molecule has 3 heterocycles. The second-order valence-electron chi connectivity index (χ2n) is 6.38. The van der Waals surface area contributed by atoms with Gasteiger partial charge < -0.3 is 10.1 Å². The molecule has 128 valence electrons. The first-order chi connectivity index (χ1) is 12.2. The molecule has 1 fully saturated rings. The molecule has 7 nitrogen and oxygen atoms in total. The van der Waals surface area contributed by atoms with Crippen LogP contribution in [0, 0.1) is 18.3 Å². The number of nitriles is 1. The number of anilines is 2. The molecule has 1 saturated heterocycles. The Morgan fingerprint density at radius 2 is 2.12 bits per heavy atom. The van der Waals surface area contributed by atoms with E-state index in [2.05, 4.69) is 25.7 Å². The SMILES string of the molecule is Cc1ccc(C#N)cc1Nc1ncc2c(n1)n(C1CCOCC1)n2C. The number of aryl methyl sites for hydroxylation is 2. The summed E-state index contributed by atoms with van der Waals surface area (Å²) >= 11 is 0. The first-order valence-electron chi connectivity index (χ1n) is 8.43. The Labute approximate surface area is 145 Å². The van der Waals surface area contributed by atoms with E-state index in [0.717, 1.165) is 48.5 Å². The van der Waals surface area contributed by atoms with Crippen molar-refractivity contribution in [3.8, 4) is 6.07 Å². The zero-order valence-corrected chi connectivity index (χ0v) is 14.4. The number of hydrogen-bond acceptors (Lipinski definition) is 5. The summed E-state index contributed by atoms with van der Waals surface area (Å²) < 4.78 is 9.80. The van der Waals surface area contributed by atoms with Crippen molar-refractivity contribution in [3.05, 3.63) is 35.5 Å². The zero-order chi connectivity index (χ0) is 17.4. The molecule has 0 unspecified atom stereocenters. The Hall–Kier alpha value is -2.85. The lowest BCUT2D eigenvalue weighted by atomic mass is 10.1. The highest BCUT2D eigenvalue weighted by molar-refractivity contribution is 5.75. The third-order valence-electron chi connectivity index (χ3n) is 4.79. The van der Waals surface area contributed by atoms with Gasteiger partial charge in [0, 0.05) is 25.9 Å².